The molecule has 1 saturated heterocycles. The van der Waals surface area contributed by atoms with Gasteiger partial charge in [-0.05, 0) is 12.8 Å². The number of Topliss-reactive ketones (excluding diaryl/α,β-unsaturated/α-hetero) is 1. The summed E-state index contributed by atoms with van der Waals surface area (Å²) in [5.41, 5.74) is -0.721. The first-order valence-electron chi connectivity index (χ1n) is 6.88. The van der Waals surface area contributed by atoms with Crippen LogP contribution in [-0.4, -0.2) is 40.7 Å². The van der Waals surface area contributed by atoms with E-state index in [1.807, 2.05) is 13.0 Å². The molecule has 0 N–H and O–H groups in total. The quantitative estimate of drug-likeness (QED) is 0.710. The summed E-state index contributed by atoms with van der Waals surface area (Å²) in [5.74, 6) is -1.38. The Labute approximate surface area is 119 Å². The number of carbonyl (C=O) groups is 3. The van der Waals surface area contributed by atoms with Gasteiger partial charge in [-0.1, -0.05) is 20.8 Å². The fourth-order valence-corrected chi connectivity index (χ4v) is 1.94. The van der Waals surface area contributed by atoms with Crippen LogP contribution in [0.2, 0.25) is 0 Å². The monoisotopic (exact) mass is 279 g/mol. The third-order valence-electron chi connectivity index (χ3n) is 3.70. The van der Waals surface area contributed by atoms with Crippen molar-refractivity contribution in [3.05, 3.63) is 0 Å². The van der Waals surface area contributed by atoms with Gasteiger partial charge in [0.25, 0.3) is 0 Å². The van der Waals surface area contributed by atoms with Crippen LogP contribution in [0.25, 0.3) is 0 Å². The average molecular weight is 279 g/mol. The van der Waals surface area contributed by atoms with Crippen molar-refractivity contribution in [2.24, 2.45) is 5.41 Å². The van der Waals surface area contributed by atoms with Gasteiger partial charge in [0.2, 0.25) is 11.7 Å². The normalized spacial score (nSPS) is 15.1. The highest BCUT2D eigenvalue weighted by molar-refractivity contribution is 6.38. The Balaban J connectivity index is 2.79. The SMILES string of the molecule is CCC(C)(C)C(=O)C(=O)N1CCCN1C(=O)CCC#N. The molecule has 0 radical (unpaired) electrons. The molecular weight excluding hydrogens is 258 g/mol. The van der Waals surface area contributed by atoms with Crippen LogP contribution in [0.15, 0.2) is 0 Å². The minimum absolute atomic E-state index is 0.0750. The molecule has 1 fully saturated rings. The van der Waals surface area contributed by atoms with Crippen molar-refractivity contribution < 1.29 is 14.4 Å². The van der Waals surface area contributed by atoms with Gasteiger partial charge in [0.05, 0.1) is 6.07 Å². The molecule has 0 saturated carbocycles. The summed E-state index contributed by atoms with van der Waals surface area (Å²) < 4.78 is 0. The second-order valence-corrected chi connectivity index (χ2v) is 5.52. The van der Waals surface area contributed by atoms with Crippen LogP contribution in [0, 0.1) is 16.7 Å². The second-order valence-electron chi connectivity index (χ2n) is 5.52. The first kappa shape index (κ1) is 16.2. The molecule has 2 amide bonds. The molecule has 0 aromatic heterocycles. The summed E-state index contributed by atoms with van der Waals surface area (Å²) >= 11 is 0. The zero-order valence-corrected chi connectivity index (χ0v) is 12.3. The highest BCUT2D eigenvalue weighted by atomic mass is 16.2. The minimum Gasteiger partial charge on any atom is -0.288 e. The van der Waals surface area contributed by atoms with Gasteiger partial charge in [-0.15, -0.1) is 0 Å². The van der Waals surface area contributed by atoms with Crippen LogP contribution >= 0.6 is 0 Å². The van der Waals surface area contributed by atoms with Crippen LogP contribution in [-0.2, 0) is 14.4 Å². The fourth-order valence-electron chi connectivity index (χ4n) is 1.94. The maximum atomic E-state index is 12.3. The van der Waals surface area contributed by atoms with Crippen molar-refractivity contribution in [1.29, 1.82) is 5.26 Å². The molecule has 0 atom stereocenters. The van der Waals surface area contributed by atoms with Crippen LogP contribution in [0.1, 0.15) is 46.5 Å². The molecule has 6 heteroatoms. The summed E-state index contributed by atoms with van der Waals surface area (Å²) in [4.78, 5) is 36.4. The molecular formula is C14H21N3O3. The summed E-state index contributed by atoms with van der Waals surface area (Å²) in [6, 6.07) is 1.90. The Hall–Kier alpha value is -1.90. The first-order valence-corrected chi connectivity index (χ1v) is 6.88. The van der Waals surface area contributed by atoms with Crippen molar-refractivity contribution in [2.45, 2.75) is 46.5 Å². The molecule has 0 bridgehead atoms. The molecule has 1 aliphatic heterocycles. The number of nitriles is 1. The zero-order valence-electron chi connectivity index (χ0n) is 12.3. The van der Waals surface area contributed by atoms with Crippen molar-refractivity contribution in [3.8, 4) is 6.07 Å². The Morgan fingerprint density at radius 2 is 1.80 bits per heavy atom. The van der Waals surface area contributed by atoms with E-state index in [1.54, 1.807) is 13.8 Å². The van der Waals surface area contributed by atoms with E-state index in [0.29, 0.717) is 25.9 Å². The molecule has 0 aromatic rings. The number of amides is 2. The van der Waals surface area contributed by atoms with Gasteiger partial charge in [-0.25, -0.2) is 5.01 Å². The smallest absolute Gasteiger partial charge is 0.288 e. The van der Waals surface area contributed by atoms with Crippen LogP contribution in [0.3, 0.4) is 0 Å². The standard InChI is InChI=1S/C14H21N3O3/c1-4-14(2,3)12(19)13(20)17-10-6-9-16(17)11(18)7-5-8-15/h4-7,9-10H2,1-3H3. The summed E-state index contributed by atoms with van der Waals surface area (Å²) in [7, 11) is 0. The topological polar surface area (TPSA) is 81.5 Å². The molecule has 1 rings (SSSR count). The Kier molecular flexibility index (Phi) is 5.26. The molecule has 1 aliphatic rings. The molecule has 6 nitrogen and oxygen atoms in total. The van der Waals surface area contributed by atoms with E-state index >= 15 is 0 Å². The van der Waals surface area contributed by atoms with Crippen LogP contribution in [0.5, 0.6) is 0 Å². The number of rotatable bonds is 5. The van der Waals surface area contributed by atoms with Crippen molar-refractivity contribution in [1.82, 2.24) is 10.0 Å². The van der Waals surface area contributed by atoms with Gasteiger partial charge in [0.15, 0.2) is 0 Å². The Bertz CT molecular complexity index is 451. The molecule has 0 spiro atoms. The van der Waals surface area contributed by atoms with Gasteiger partial charge >= 0.3 is 5.91 Å². The van der Waals surface area contributed by atoms with Gasteiger partial charge in [-0.2, -0.15) is 5.26 Å². The molecule has 20 heavy (non-hydrogen) atoms. The van der Waals surface area contributed by atoms with Gasteiger partial charge in [0.1, 0.15) is 0 Å². The second kappa shape index (κ2) is 6.51. The highest BCUT2D eigenvalue weighted by Gasteiger charge is 2.39. The summed E-state index contributed by atoms with van der Waals surface area (Å²) in [6.07, 6.45) is 1.41. The molecule has 0 unspecified atom stereocenters. The number of hydrogen-bond acceptors (Lipinski definition) is 4. The molecule has 1 heterocycles. The summed E-state index contributed by atoms with van der Waals surface area (Å²) in [6.45, 7) is 6.11. The van der Waals surface area contributed by atoms with Gasteiger partial charge in [0, 0.05) is 31.3 Å². The predicted octanol–water partition coefficient (Wildman–Crippen LogP) is 1.27. The van der Waals surface area contributed by atoms with E-state index < -0.39 is 17.1 Å². The van der Waals surface area contributed by atoms with E-state index in [9.17, 15) is 14.4 Å². The maximum absolute atomic E-state index is 12.3. The largest absolute Gasteiger partial charge is 0.309 e. The number of nitrogens with zero attached hydrogens (tertiary/aromatic N) is 3. The summed E-state index contributed by atoms with van der Waals surface area (Å²) in [5, 5.41) is 11.0. The maximum Gasteiger partial charge on any atom is 0.309 e. The van der Waals surface area contributed by atoms with E-state index in [0.717, 1.165) is 0 Å². The van der Waals surface area contributed by atoms with E-state index in [-0.39, 0.29) is 18.7 Å². The van der Waals surface area contributed by atoms with Crippen molar-refractivity contribution >= 4 is 17.6 Å². The van der Waals surface area contributed by atoms with E-state index in [1.165, 1.54) is 10.0 Å². The molecule has 110 valence electrons. The Morgan fingerprint density at radius 3 is 2.35 bits per heavy atom. The lowest BCUT2D eigenvalue weighted by Crippen LogP contribution is -2.50. The number of hydrazine groups is 1. The lowest BCUT2D eigenvalue weighted by Gasteiger charge is -2.30. The average Bonchev–Trinajstić information content (AvgIpc) is 2.92. The lowest BCUT2D eigenvalue weighted by molar-refractivity contribution is -0.164. The highest BCUT2D eigenvalue weighted by Crippen LogP contribution is 2.24. The fraction of sp³-hybridized carbons (Fsp3) is 0.714. The van der Waals surface area contributed by atoms with Gasteiger partial charge < -0.3 is 0 Å². The number of hydrogen-bond donors (Lipinski definition) is 0. The molecule has 0 aliphatic carbocycles. The van der Waals surface area contributed by atoms with Crippen LogP contribution in [0.4, 0.5) is 0 Å². The third-order valence-corrected chi connectivity index (χ3v) is 3.70. The van der Waals surface area contributed by atoms with E-state index in [4.69, 9.17) is 5.26 Å². The minimum atomic E-state index is -0.721. The van der Waals surface area contributed by atoms with E-state index in [2.05, 4.69) is 0 Å². The number of carbonyl (C=O) groups excluding carboxylic acids is 3. The predicted molar refractivity (Wildman–Crippen MR) is 72.0 cm³/mol. The lowest BCUT2D eigenvalue weighted by atomic mass is 9.85. The zero-order chi connectivity index (χ0) is 15.3. The molecule has 0 aromatic carbocycles. The Morgan fingerprint density at radius 1 is 1.20 bits per heavy atom. The van der Waals surface area contributed by atoms with Crippen molar-refractivity contribution in [3.63, 3.8) is 0 Å². The van der Waals surface area contributed by atoms with Gasteiger partial charge in [-0.3, -0.25) is 19.4 Å². The number of ketones is 1. The third kappa shape index (κ3) is 3.35. The van der Waals surface area contributed by atoms with Crippen molar-refractivity contribution in [2.75, 3.05) is 13.1 Å². The van der Waals surface area contributed by atoms with Crippen LogP contribution < -0.4 is 0 Å². The first-order chi connectivity index (χ1) is 9.35.